The van der Waals surface area contributed by atoms with Crippen molar-refractivity contribution in [3.05, 3.63) is 66.9 Å². The number of benzene rings is 1. The van der Waals surface area contributed by atoms with Crippen molar-refractivity contribution >= 4 is 43.4 Å². The maximum Gasteiger partial charge on any atom is 0.333 e. The highest BCUT2D eigenvalue weighted by molar-refractivity contribution is 7.25. The van der Waals surface area contributed by atoms with Crippen LogP contribution in [0, 0.1) is 6.92 Å². The van der Waals surface area contributed by atoms with E-state index >= 15 is 0 Å². The van der Waals surface area contributed by atoms with E-state index < -0.39 is 5.69 Å². The molecule has 0 aliphatic carbocycles. The molecule has 148 valence electrons. The lowest BCUT2D eigenvalue weighted by molar-refractivity contribution is -0.0400. The summed E-state index contributed by atoms with van der Waals surface area (Å²) in [6, 6.07) is 6.69. The Bertz CT molecular complexity index is 1430. The van der Waals surface area contributed by atoms with E-state index in [4.69, 9.17) is 21.3 Å². The lowest BCUT2D eigenvalue weighted by Gasteiger charge is -2.32. The van der Waals surface area contributed by atoms with Crippen molar-refractivity contribution in [2.45, 2.75) is 39.4 Å². The normalized spacial score (nSPS) is 15.7. The van der Waals surface area contributed by atoms with Gasteiger partial charge in [-0.15, -0.1) is 11.3 Å². The minimum absolute atomic E-state index is 0.321. The van der Waals surface area contributed by atoms with E-state index in [-0.39, 0.29) is 11.2 Å². The number of aryl methyl sites for hydroxylation is 1. The highest BCUT2D eigenvalue weighted by Crippen LogP contribution is 2.39. The van der Waals surface area contributed by atoms with Crippen molar-refractivity contribution in [2.75, 3.05) is 0 Å². The molecule has 0 fully saturated rings. The number of halogens is 1. The number of fused-ring (bicyclic) bond motifs is 5. The molecule has 29 heavy (non-hydrogen) atoms. The van der Waals surface area contributed by atoms with Crippen LogP contribution in [-0.4, -0.2) is 20.1 Å². The van der Waals surface area contributed by atoms with Crippen molar-refractivity contribution in [1.29, 1.82) is 0 Å². The first-order valence-electron chi connectivity index (χ1n) is 9.25. The number of pyridine rings is 1. The number of hydrogen-bond acceptors (Lipinski definition) is 5. The van der Waals surface area contributed by atoms with Crippen LogP contribution in [0.2, 0.25) is 5.02 Å². The van der Waals surface area contributed by atoms with Crippen LogP contribution in [-0.2, 0) is 17.8 Å². The van der Waals surface area contributed by atoms with Gasteiger partial charge in [-0.05, 0) is 44.5 Å². The Hall–Kier alpha value is -2.48. The minimum Gasteiger partial charge on any atom is -0.370 e. The summed E-state index contributed by atoms with van der Waals surface area (Å²) < 4.78 is 7.56. The Kier molecular flexibility index (Phi) is 4.00. The van der Waals surface area contributed by atoms with Crippen molar-refractivity contribution in [3.8, 4) is 5.69 Å². The maximum absolute atomic E-state index is 13.3. The van der Waals surface area contributed by atoms with Gasteiger partial charge in [-0.3, -0.25) is 4.79 Å². The first-order valence-corrected chi connectivity index (χ1v) is 10.4. The van der Waals surface area contributed by atoms with Crippen LogP contribution >= 0.6 is 22.9 Å². The molecule has 0 bridgehead atoms. The molecule has 0 radical (unpaired) electrons. The molecular formula is C21H18ClN3O3S. The Labute approximate surface area is 174 Å². The molecule has 1 N–H and O–H groups in total. The second kappa shape index (κ2) is 6.26. The molecule has 1 aliphatic rings. The monoisotopic (exact) mass is 427 g/mol. The summed E-state index contributed by atoms with van der Waals surface area (Å²) in [6.07, 6.45) is 0.688. The summed E-state index contributed by atoms with van der Waals surface area (Å²) in [6.45, 7) is 6.51. The largest absolute Gasteiger partial charge is 0.370 e. The molecule has 0 amide bonds. The zero-order valence-corrected chi connectivity index (χ0v) is 17.7. The van der Waals surface area contributed by atoms with Crippen LogP contribution in [0.25, 0.3) is 26.1 Å². The van der Waals surface area contributed by atoms with E-state index in [9.17, 15) is 9.59 Å². The summed E-state index contributed by atoms with van der Waals surface area (Å²) in [5.74, 6) is 0. The molecule has 6 nitrogen and oxygen atoms in total. The molecule has 4 heterocycles. The number of H-pyrrole nitrogens is 1. The van der Waals surface area contributed by atoms with E-state index in [1.807, 2.05) is 20.8 Å². The average Bonchev–Trinajstić information content (AvgIpc) is 2.99. The zero-order chi connectivity index (χ0) is 20.5. The Morgan fingerprint density at radius 3 is 2.83 bits per heavy atom. The topological polar surface area (TPSA) is 77.0 Å². The summed E-state index contributed by atoms with van der Waals surface area (Å²) in [5, 5.41) is 1.31. The molecule has 1 aromatic carbocycles. The summed E-state index contributed by atoms with van der Waals surface area (Å²) in [4.78, 5) is 34.6. The van der Waals surface area contributed by atoms with Gasteiger partial charge in [0.05, 0.1) is 23.4 Å². The van der Waals surface area contributed by atoms with Crippen LogP contribution in [0.15, 0.2) is 33.9 Å². The van der Waals surface area contributed by atoms with E-state index in [1.54, 1.807) is 24.3 Å². The summed E-state index contributed by atoms with van der Waals surface area (Å²) >= 11 is 7.37. The van der Waals surface area contributed by atoms with E-state index in [0.29, 0.717) is 34.0 Å². The van der Waals surface area contributed by atoms with E-state index in [0.717, 1.165) is 31.6 Å². The average molecular weight is 428 g/mol. The fraction of sp³-hybridized carbons (Fsp3) is 0.286. The lowest BCUT2D eigenvalue weighted by Crippen LogP contribution is -2.33. The molecule has 0 spiro atoms. The molecule has 0 unspecified atom stereocenters. The molecule has 0 saturated carbocycles. The quantitative estimate of drug-likeness (QED) is 0.496. The molecule has 0 saturated heterocycles. The van der Waals surface area contributed by atoms with Crippen molar-refractivity contribution in [3.63, 3.8) is 0 Å². The van der Waals surface area contributed by atoms with Gasteiger partial charge >= 0.3 is 5.69 Å². The molecule has 4 aromatic rings. The summed E-state index contributed by atoms with van der Waals surface area (Å²) in [5.41, 5.74) is 2.84. The second-order valence-corrected chi connectivity index (χ2v) is 9.35. The van der Waals surface area contributed by atoms with Crippen LogP contribution in [0.4, 0.5) is 0 Å². The molecule has 1 aliphatic heterocycles. The van der Waals surface area contributed by atoms with Crippen molar-refractivity contribution in [1.82, 2.24) is 14.5 Å². The third-order valence-electron chi connectivity index (χ3n) is 5.37. The number of hydrogen-bond donors (Lipinski definition) is 1. The van der Waals surface area contributed by atoms with Crippen LogP contribution in [0.3, 0.4) is 0 Å². The second-order valence-electron chi connectivity index (χ2n) is 7.92. The van der Waals surface area contributed by atoms with Crippen LogP contribution in [0.5, 0.6) is 0 Å². The standard InChI is InChI=1S/C21H18ClN3O3S/c1-10-14-9-28-21(2,3)8-13(14)15-16-17(29-18(15)23-10)19(26)25(20(27)24-16)12-6-4-5-11(22)7-12/h4-7H,8-9H2,1-3H3,(H,24,27). The van der Waals surface area contributed by atoms with E-state index in [2.05, 4.69) is 4.98 Å². The van der Waals surface area contributed by atoms with Gasteiger partial charge in [-0.25, -0.2) is 14.3 Å². The number of nitrogens with one attached hydrogen (secondary N) is 1. The molecule has 3 aromatic heterocycles. The van der Waals surface area contributed by atoms with Crippen LogP contribution in [0.1, 0.15) is 30.7 Å². The van der Waals surface area contributed by atoms with Gasteiger partial charge in [0.1, 0.15) is 9.53 Å². The molecule has 5 rings (SSSR count). The van der Waals surface area contributed by atoms with Gasteiger partial charge in [-0.2, -0.15) is 0 Å². The third-order valence-corrected chi connectivity index (χ3v) is 6.68. The SMILES string of the molecule is Cc1nc2sc3c(=O)n(-c4cccc(Cl)c4)c(=O)[nH]c3c2c2c1COC(C)(C)C2. The van der Waals surface area contributed by atoms with E-state index in [1.165, 1.54) is 11.3 Å². The molecule has 8 heteroatoms. The van der Waals surface area contributed by atoms with Gasteiger partial charge in [0.15, 0.2) is 0 Å². The number of nitrogens with zero attached hydrogens (tertiary/aromatic N) is 2. The Balaban J connectivity index is 1.88. The van der Waals surface area contributed by atoms with Gasteiger partial charge in [0.2, 0.25) is 0 Å². The Morgan fingerprint density at radius 1 is 1.28 bits per heavy atom. The summed E-state index contributed by atoms with van der Waals surface area (Å²) in [7, 11) is 0. The first-order chi connectivity index (χ1) is 13.7. The molecule has 0 atom stereocenters. The first kappa shape index (κ1) is 18.5. The van der Waals surface area contributed by atoms with Gasteiger partial charge < -0.3 is 9.72 Å². The maximum atomic E-state index is 13.3. The van der Waals surface area contributed by atoms with Gasteiger partial charge in [-0.1, -0.05) is 17.7 Å². The Morgan fingerprint density at radius 2 is 2.07 bits per heavy atom. The zero-order valence-electron chi connectivity index (χ0n) is 16.1. The van der Waals surface area contributed by atoms with Gasteiger partial charge in [0, 0.05) is 28.1 Å². The lowest BCUT2D eigenvalue weighted by atomic mass is 9.89. The third kappa shape index (κ3) is 2.84. The number of thiophene rings is 1. The highest BCUT2D eigenvalue weighted by Gasteiger charge is 2.31. The van der Waals surface area contributed by atoms with Crippen molar-refractivity contribution < 1.29 is 4.74 Å². The number of ether oxygens (including phenoxy) is 1. The van der Waals surface area contributed by atoms with Crippen molar-refractivity contribution in [2.24, 2.45) is 0 Å². The fourth-order valence-corrected chi connectivity index (χ4v) is 5.30. The highest BCUT2D eigenvalue weighted by atomic mass is 35.5. The smallest absolute Gasteiger partial charge is 0.333 e. The number of aromatic amines is 1. The number of rotatable bonds is 1. The predicted octanol–water partition coefficient (Wildman–Crippen LogP) is 4.10. The fourth-order valence-electron chi connectivity index (χ4n) is 3.97. The molecular weight excluding hydrogens is 410 g/mol. The van der Waals surface area contributed by atoms with Gasteiger partial charge in [0.25, 0.3) is 5.56 Å². The number of aromatic nitrogens is 3. The van der Waals surface area contributed by atoms with Crippen LogP contribution < -0.4 is 11.2 Å². The predicted molar refractivity (Wildman–Crippen MR) is 116 cm³/mol. The minimum atomic E-state index is -0.495.